The first-order chi connectivity index (χ1) is 11.9. The van der Waals surface area contributed by atoms with Crippen molar-refractivity contribution < 1.29 is 22.6 Å². The van der Waals surface area contributed by atoms with Crippen LogP contribution in [0.25, 0.3) is 6.08 Å². The van der Waals surface area contributed by atoms with E-state index in [-0.39, 0.29) is 0 Å². The van der Waals surface area contributed by atoms with Crippen molar-refractivity contribution in [3.8, 4) is 17.2 Å². The highest BCUT2D eigenvalue weighted by Gasteiger charge is 2.13. The van der Waals surface area contributed by atoms with Crippen LogP contribution in [0.2, 0.25) is 0 Å². The molecule has 0 aliphatic heterocycles. The third-order valence-corrected chi connectivity index (χ3v) is 4.81. The summed E-state index contributed by atoms with van der Waals surface area (Å²) in [6.45, 7) is 0. The van der Waals surface area contributed by atoms with E-state index in [1.807, 2.05) is 0 Å². The smallest absolute Gasteiger partial charge is 0.255 e. The normalized spacial score (nSPS) is 11.4. The summed E-state index contributed by atoms with van der Waals surface area (Å²) in [7, 11) is 0.797. The van der Waals surface area contributed by atoms with Gasteiger partial charge in [-0.15, -0.1) is 0 Å². The van der Waals surface area contributed by atoms with E-state index in [9.17, 15) is 8.42 Å². The average molecular weight is 428 g/mol. The minimum atomic E-state index is -3.70. The van der Waals surface area contributed by atoms with Crippen molar-refractivity contribution in [1.82, 2.24) is 0 Å². The molecule has 8 heteroatoms. The van der Waals surface area contributed by atoms with Gasteiger partial charge in [-0.1, -0.05) is 15.9 Å². The lowest BCUT2D eigenvalue weighted by molar-refractivity contribution is 0.374. The summed E-state index contributed by atoms with van der Waals surface area (Å²) < 4.78 is 43.6. The van der Waals surface area contributed by atoms with Gasteiger partial charge in [0.2, 0.25) is 0 Å². The Morgan fingerprint density at radius 3 is 2.00 bits per heavy atom. The highest BCUT2D eigenvalue weighted by molar-refractivity contribution is 9.10. The van der Waals surface area contributed by atoms with E-state index in [1.165, 1.54) is 27.4 Å². The number of anilines is 1. The van der Waals surface area contributed by atoms with Crippen molar-refractivity contribution in [3.63, 3.8) is 0 Å². The minimum absolute atomic E-state index is 0.436. The molecule has 6 nitrogen and oxygen atoms in total. The maximum Gasteiger partial charge on any atom is 0.255 e. The van der Waals surface area contributed by atoms with Crippen LogP contribution in [-0.4, -0.2) is 29.7 Å². The molecule has 0 amide bonds. The van der Waals surface area contributed by atoms with E-state index in [2.05, 4.69) is 20.7 Å². The number of ether oxygens (including phenoxy) is 3. The minimum Gasteiger partial charge on any atom is -0.496 e. The molecule has 0 saturated carbocycles. The largest absolute Gasteiger partial charge is 0.496 e. The van der Waals surface area contributed by atoms with E-state index >= 15 is 0 Å². The summed E-state index contributed by atoms with van der Waals surface area (Å²) >= 11 is 3.30. The van der Waals surface area contributed by atoms with Crippen molar-refractivity contribution in [2.45, 2.75) is 0 Å². The lowest BCUT2D eigenvalue weighted by Crippen LogP contribution is -2.08. The van der Waals surface area contributed by atoms with Crippen LogP contribution in [0.15, 0.2) is 46.3 Å². The van der Waals surface area contributed by atoms with Gasteiger partial charge in [0, 0.05) is 22.3 Å². The summed E-state index contributed by atoms with van der Waals surface area (Å²) in [5.74, 6) is 1.42. The van der Waals surface area contributed by atoms with Crippen molar-refractivity contribution >= 4 is 37.7 Å². The second kappa shape index (κ2) is 8.26. The van der Waals surface area contributed by atoms with Crippen LogP contribution in [0.3, 0.4) is 0 Å². The topological polar surface area (TPSA) is 73.9 Å². The molecule has 0 aliphatic carbocycles. The first-order valence-corrected chi connectivity index (χ1v) is 9.49. The zero-order valence-electron chi connectivity index (χ0n) is 13.9. The highest BCUT2D eigenvalue weighted by atomic mass is 79.9. The molecule has 0 saturated heterocycles. The second-order valence-corrected chi connectivity index (χ2v) is 7.38. The van der Waals surface area contributed by atoms with E-state index in [4.69, 9.17) is 14.2 Å². The van der Waals surface area contributed by atoms with Gasteiger partial charge in [0.1, 0.15) is 17.2 Å². The third kappa shape index (κ3) is 5.14. The van der Waals surface area contributed by atoms with Gasteiger partial charge in [0.15, 0.2) is 0 Å². The lowest BCUT2D eigenvalue weighted by atomic mass is 10.1. The Labute approximate surface area is 155 Å². The van der Waals surface area contributed by atoms with E-state index in [1.54, 1.807) is 36.4 Å². The van der Waals surface area contributed by atoms with Crippen LogP contribution in [-0.2, 0) is 10.0 Å². The maximum absolute atomic E-state index is 12.3. The summed E-state index contributed by atoms with van der Waals surface area (Å²) in [6, 6.07) is 10.1. The Morgan fingerprint density at radius 1 is 0.960 bits per heavy atom. The van der Waals surface area contributed by atoms with Gasteiger partial charge in [0.25, 0.3) is 10.0 Å². The van der Waals surface area contributed by atoms with Crippen molar-refractivity contribution in [2.24, 2.45) is 0 Å². The molecule has 0 fully saturated rings. The molecule has 2 aromatic carbocycles. The average Bonchev–Trinajstić information content (AvgIpc) is 2.61. The van der Waals surface area contributed by atoms with Crippen molar-refractivity contribution in [3.05, 3.63) is 51.8 Å². The van der Waals surface area contributed by atoms with Crippen LogP contribution in [0.5, 0.6) is 17.2 Å². The molecule has 0 unspecified atom stereocenters. The Morgan fingerprint density at radius 2 is 1.52 bits per heavy atom. The van der Waals surface area contributed by atoms with Gasteiger partial charge in [-0.25, -0.2) is 8.42 Å². The van der Waals surface area contributed by atoms with E-state index in [0.717, 1.165) is 9.88 Å². The van der Waals surface area contributed by atoms with Gasteiger partial charge >= 0.3 is 0 Å². The van der Waals surface area contributed by atoms with Crippen molar-refractivity contribution in [2.75, 3.05) is 26.1 Å². The zero-order chi connectivity index (χ0) is 18.4. The lowest BCUT2D eigenvalue weighted by Gasteiger charge is -2.12. The monoisotopic (exact) mass is 427 g/mol. The molecular formula is C17H18BrNO5S. The maximum atomic E-state index is 12.3. The molecular weight excluding hydrogens is 410 g/mol. The molecule has 0 bridgehead atoms. The molecule has 2 rings (SSSR count). The van der Waals surface area contributed by atoms with Crippen molar-refractivity contribution in [1.29, 1.82) is 0 Å². The Balaban J connectivity index is 2.32. The van der Waals surface area contributed by atoms with Crippen LogP contribution in [0.4, 0.5) is 5.69 Å². The number of nitrogens with one attached hydrogen (secondary N) is 1. The summed E-state index contributed by atoms with van der Waals surface area (Å²) in [5.41, 5.74) is 0.952. The third-order valence-electron chi connectivity index (χ3n) is 3.27. The predicted octanol–water partition coefficient (Wildman–Crippen LogP) is 3.89. The van der Waals surface area contributed by atoms with Crippen LogP contribution < -0.4 is 18.9 Å². The quantitative estimate of drug-likeness (QED) is 0.725. The molecule has 0 heterocycles. The Hall–Kier alpha value is -2.19. The molecule has 0 radical (unpaired) electrons. The fourth-order valence-corrected chi connectivity index (χ4v) is 3.18. The molecule has 134 valence electrons. The molecule has 0 aromatic heterocycles. The summed E-state index contributed by atoms with van der Waals surface area (Å²) in [4.78, 5) is 0. The van der Waals surface area contributed by atoms with Gasteiger partial charge in [-0.3, -0.25) is 4.72 Å². The number of methoxy groups -OCH3 is 3. The zero-order valence-corrected chi connectivity index (χ0v) is 16.3. The van der Waals surface area contributed by atoms with Crippen LogP contribution >= 0.6 is 15.9 Å². The predicted molar refractivity (Wildman–Crippen MR) is 102 cm³/mol. The first-order valence-electron chi connectivity index (χ1n) is 7.15. The number of sulfonamides is 1. The van der Waals surface area contributed by atoms with E-state index in [0.29, 0.717) is 28.5 Å². The Bertz CT molecular complexity index is 838. The summed E-state index contributed by atoms with van der Waals surface area (Å²) in [5, 5.41) is 1.06. The fraction of sp³-hybridized carbons (Fsp3) is 0.176. The number of rotatable bonds is 7. The molecule has 0 spiro atoms. The van der Waals surface area contributed by atoms with E-state index < -0.39 is 10.0 Å². The number of halogens is 1. The molecule has 1 N–H and O–H groups in total. The molecule has 25 heavy (non-hydrogen) atoms. The number of hydrogen-bond donors (Lipinski definition) is 1. The fourth-order valence-electron chi connectivity index (χ4n) is 2.07. The summed E-state index contributed by atoms with van der Waals surface area (Å²) in [6.07, 6.45) is 1.41. The van der Waals surface area contributed by atoms with Gasteiger partial charge < -0.3 is 14.2 Å². The van der Waals surface area contributed by atoms with Gasteiger partial charge in [-0.2, -0.15) is 0 Å². The van der Waals surface area contributed by atoms with Gasteiger partial charge in [-0.05, 0) is 30.3 Å². The van der Waals surface area contributed by atoms with Crippen LogP contribution in [0, 0.1) is 0 Å². The molecule has 0 atom stereocenters. The number of hydrogen-bond acceptors (Lipinski definition) is 5. The SMILES string of the molecule is COc1cc(OC)c(C=CS(=O)(=O)Nc2ccc(Br)cc2)c(OC)c1. The highest BCUT2D eigenvalue weighted by Crippen LogP contribution is 2.35. The second-order valence-electron chi connectivity index (χ2n) is 4.90. The standard InChI is InChI=1S/C17H18BrNO5S/c1-22-14-10-16(23-2)15(17(11-14)24-3)8-9-25(20,21)19-13-6-4-12(18)5-7-13/h4-11,19H,1-3H3. The Kier molecular flexibility index (Phi) is 6.33. The first kappa shape index (κ1) is 19.1. The van der Waals surface area contributed by atoms with Crippen LogP contribution in [0.1, 0.15) is 5.56 Å². The number of benzene rings is 2. The molecule has 2 aromatic rings. The molecule has 0 aliphatic rings. The van der Waals surface area contributed by atoms with Gasteiger partial charge in [0.05, 0.1) is 32.3 Å².